The van der Waals surface area contributed by atoms with Gasteiger partial charge in [0.1, 0.15) is 4.88 Å². The number of hydrogen-bond donors (Lipinski definition) is 2. The van der Waals surface area contributed by atoms with Crippen LogP contribution in [0, 0.1) is 0 Å². The average molecular weight is 340 g/mol. The third-order valence-electron chi connectivity index (χ3n) is 2.95. The molecule has 2 rings (SSSR count). The average Bonchev–Trinajstić information content (AvgIpc) is 2.65. The Morgan fingerprint density at radius 1 is 1.53 bits per heavy atom. The van der Waals surface area contributed by atoms with E-state index in [0.29, 0.717) is 0 Å². The van der Waals surface area contributed by atoms with E-state index in [-0.39, 0.29) is 23.9 Å². The summed E-state index contributed by atoms with van der Waals surface area (Å²) in [6.45, 7) is 4.07. The molecule has 1 fully saturated rings. The molecular formula is C11H16BrClN2OS. The molecule has 6 heteroatoms. The minimum Gasteiger partial charge on any atom is -0.346 e. The van der Waals surface area contributed by atoms with Crippen molar-refractivity contribution in [3.05, 3.63) is 20.8 Å². The fourth-order valence-corrected chi connectivity index (χ4v) is 3.34. The van der Waals surface area contributed by atoms with Crippen molar-refractivity contribution in [3.8, 4) is 0 Å². The molecule has 1 saturated heterocycles. The van der Waals surface area contributed by atoms with E-state index in [9.17, 15) is 4.79 Å². The van der Waals surface area contributed by atoms with Gasteiger partial charge >= 0.3 is 0 Å². The highest BCUT2D eigenvalue weighted by molar-refractivity contribution is 9.10. The number of rotatable bonds is 2. The molecule has 1 aromatic rings. The van der Waals surface area contributed by atoms with E-state index in [2.05, 4.69) is 33.5 Å². The van der Waals surface area contributed by atoms with Crippen LogP contribution in [0.5, 0.6) is 0 Å². The number of carbonyl (C=O) groups excluding carboxylic acids is 1. The number of amides is 1. The maximum absolute atomic E-state index is 12.0. The molecule has 1 aliphatic heterocycles. The highest BCUT2D eigenvalue weighted by Gasteiger charge is 2.29. The van der Waals surface area contributed by atoms with Gasteiger partial charge in [-0.05, 0) is 60.2 Å². The Bertz CT molecular complexity index is 391. The maximum Gasteiger partial charge on any atom is 0.262 e. The van der Waals surface area contributed by atoms with E-state index >= 15 is 0 Å². The topological polar surface area (TPSA) is 41.1 Å². The minimum absolute atomic E-state index is 0. The Hall–Kier alpha value is -0.100. The molecule has 0 aromatic carbocycles. The van der Waals surface area contributed by atoms with Crippen LogP contribution in [0.2, 0.25) is 0 Å². The van der Waals surface area contributed by atoms with Gasteiger partial charge in [0, 0.05) is 10.0 Å². The van der Waals surface area contributed by atoms with Gasteiger partial charge in [0.25, 0.3) is 5.91 Å². The predicted octanol–water partition coefficient (Wildman–Crippen LogP) is 2.80. The molecule has 0 atom stereocenters. The van der Waals surface area contributed by atoms with Crippen molar-refractivity contribution >= 4 is 45.6 Å². The van der Waals surface area contributed by atoms with Gasteiger partial charge in [0.2, 0.25) is 0 Å². The van der Waals surface area contributed by atoms with Crippen LogP contribution in [-0.4, -0.2) is 24.5 Å². The molecule has 0 unspecified atom stereocenters. The molecule has 0 saturated carbocycles. The molecule has 1 aromatic heterocycles. The fourth-order valence-electron chi connectivity index (χ4n) is 1.89. The van der Waals surface area contributed by atoms with Gasteiger partial charge < -0.3 is 10.6 Å². The van der Waals surface area contributed by atoms with Crippen molar-refractivity contribution in [2.75, 3.05) is 13.1 Å². The Labute approximate surface area is 120 Å². The van der Waals surface area contributed by atoms with Gasteiger partial charge in [-0.1, -0.05) is 0 Å². The highest BCUT2D eigenvalue weighted by atomic mass is 79.9. The van der Waals surface area contributed by atoms with Gasteiger partial charge in [-0.15, -0.1) is 23.7 Å². The summed E-state index contributed by atoms with van der Waals surface area (Å²) < 4.78 is 0.882. The Morgan fingerprint density at radius 3 is 2.71 bits per heavy atom. The van der Waals surface area contributed by atoms with Crippen molar-refractivity contribution in [3.63, 3.8) is 0 Å². The number of nitrogens with one attached hydrogen (secondary N) is 2. The second-order valence-corrected chi connectivity index (χ2v) is 6.13. The van der Waals surface area contributed by atoms with Crippen molar-refractivity contribution in [2.45, 2.75) is 25.3 Å². The number of hydrogen-bond acceptors (Lipinski definition) is 3. The zero-order valence-electron chi connectivity index (χ0n) is 9.59. The fraction of sp³-hybridized carbons (Fsp3) is 0.545. The molecule has 0 spiro atoms. The first-order valence-electron chi connectivity index (χ1n) is 5.37. The Morgan fingerprint density at radius 2 is 2.18 bits per heavy atom. The lowest BCUT2D eigenvalue weighted by molar-refractivity contribution is 0.0891. The number of piperidine rings is 1. The third kappa shape index (κ3) is 3.68. The van der Waals surface area contributed by atoms with Crippen molar-refractivity contribution in [1.82, 2.24) is 10.6 Å². The predicted molar refractivity (Wildman–Crippen MR) is 77.2 cm³/mol. The van der Waals surface area contributed by atoms with Gasteiger partial charge in [-0.2, -0.15) is 0 Å². The summed E-state index contributed by atoms with van der Waals surface area (Å²) in [7, 11) is 0. The molecule has 17 heavy (non-hydrogen) atoms. The molecule has 1 amide bonds. The molecule has 0 aliphatic carbocycles. The first-order valence-corrected chi connectivity index (χ1v) is 7.04. The molecule has 0 bridgehead atoms. The zero-order chi connectivity index (χ0) is 11.6. The molecule has 3 nitrogen and oxygen atoms in total. The molecule has 96 valence electrons. The van der Waals surface area contributed by atoms with Gasteiger partial charge in [-0.3, -0.25) is 4.79 Å². The molecule has 1 aliphatic rings. The first kappa shape index (κ1) is 15.0. The number of halogens is 2. The lowest BCUT2D eigenvalue weighted by atomic mass is 9.90. The molecule has 0 radical (unpaired) electrons. The quantitative estimate of drug-likeness (QED) is 0.870. The summed E-state index contributed by atoms with van der Waals surface area (Å²) in [4.78, 5) is 12.8. The normalized spacial score (nSPS) is 18.2. The first-order chi connectivity index (χ1) is 7.61. The molecular weight excluding hydrogens is 324 g/mol. The number of thiophene rings is 1. The standard InChI is InChI=1S/C11H15BrN2OS.ClH/c1-11(3-5-13-6-4-11)14-10(15)9-8(12)2-7-16-9;/h2,7,13H,3-6H2,1H3,(H,14,15);1H. The monoisotopic (exact) mass is 338 g/mol. The second-order valence-electron chi connectivity index (χ2n) is 4.36. The minimum atomic E-state index is -0.0637. The van der Waals surface area contributed by atoms with Gasteiger partial charge in [-0.25, -0.2) is 0 Å². The van der Waals surface area contributed by atoms with Crippen LogP contribution < -0.4 is 10.6 Å². The third-order valence-corrected chi connectivity index (χ3v) is 4.78. The van der Waals surface area contributed by atoms with Crippen LogP contribution in [-0.2, 0) is 0 Å². The summed E-state index contributed by atoms with van der Waals surface area (Å²) in [5.74, 6) is 0.0336. The van der Waals surface area contributed by atoms with Crippen molar-refractivity contribution < 1.29 is 4.79 Å². The van der Waals surface area contributed by atoms with Crippen LogP contribution in [0.3, 0.4) is 0 Å². The largest absolute Gasteiger partial charge is 0.346 e. The summed E-state index contributed by atoms with van der Waals surface area (Å²) in [5.41, 5.74) is -0.0637. The zero-order valence-corrected chi connectivity index (χ0v) is 12.8. The van der Waals surface area contributed by atoms with E-state index in [1.165, 1.54) is 11.3 Å². The summed E-state index contributed by atoms with van der Waals surface area (Å²) >= 11 is 4.86. The van der Waals surface area contributed by atoms with Crippen LogP contribution in [0.1, 0.15) is 29.4 Å². The second kappa shape index (κ2) is 6.18. The van der Waals surface area contributed by atoms with Gasteiger partial charge in [0.05, 0.1) is 0 Å². The smallest absolute Gasteiger partial charge is 0.262 e. The van der Waals surface area contributed by atoms with Crippen LogP contribution in [0.25, 0.3) is 0 Å². The lowest BCUT2D eigenvalue weighted by Gasteiger charge is -2.34. The summed E-state index contributed by atoms with van der Waals surface area (Å²) in [6.07, 6.45) is 1.98. The number of carbonyl (C=O) groups is 1. The highest BCUT2D eigenvalue weighted by Crippen LogP contribution is 2.24. The Balaban J connectivity index is 0.00000144. The van der Waals surface area contributed by atoms with Crippen molar-refractivity contribution in [2.24, 2.45) is 0 Å². The molecule has 2 heterocycles. The van der Waals surface area contributed by atoms with Crippen molar-refractivity contribution in [1.29, 1.82) is 0 Å². The van der Waals surface area contributed by atoms with E-state index in [0.717, 1.165) is 35.3 Å². The van der Waals surface area contributed by atoms with E-state index in [1.807, 2.05) is 11.4 Å². The van der Waals surface area contributed by atoms with E-state index in [1.54, 1.807) is 0 Å². The van der Waals surface area contributed by atoms with Gasteiger partial charge in [0.15, 0.2) is 0 Å². The Kier molecular flexibility index (Phi) is 5.44. The maximum atomic E-state index is 12.0. The van der Waals surface area contributed by atoms with E-state index in [4.69, 9.17) is 0 Å². The molecule has 2 N–H and O–H groups in total. The summed E-state index contributed by atoms with van der Waals surface area (Å²) in [5, 5.41) is 8.36. The van der Waals surface area contributed by atoms with E-state index < -0.39 is 0 Å². The van der Waals surface area contributed by atoms with Crippen LogP contribution in [0.4, 0.5) is 0 Å². The SMILES string of the molecule is CC1(NC(=O)c2sccc2Br)CCNCC1.Cl. The summed E-state index contributed by atoms with van der Waals surface area (Å²) in [6, 6.07) is 1.91. The van der Waals surface area contributed by atoms with Crippen LogP contribution in [0.15, 0.2) is 15.9 Å². The lowest BCUT2D eigenvalue weighted by Crippen LogP contribution is -2.52. The van der Waals surface area contributed by atoms with Crippen LogP contribution >= 0.6 is 39.7 Å².